The number of hydrogen-bond acceptors (Lipinski definition) is 2. The highest BCUT2D eigenvalue weighted by atomic mass is 35.5. The predicted molar refractivity (Wildman–Crippen MR) is 74.3 cm³/mol. The van der Waals surface area contributed by atoms with E-state index in [2.05, 4.69) is 5.32 Å². The van der Waals surface area contributed by atoms with Crippen molar-refractivity contribution in [3.05, 3.63) is 29.8 Å². The van der Waals surface area contributed by atoms with E-state index in [1.807, 2.05) is 31.2 Å². The molecular formula is C14H20ClNO2. The summed E-state index contributed by atoms with van der Waals surface area (Å²) in [6.07, 6.45) is 2.17. The number of halogens is 1. The van der Waals surface area contributed by atoms with E-state index in [0.29, 0.717) is 13.0 Å². The molecule has 0 fully saturated rings. The lowest BCUT2D eigenvalue weighted by molar-refractivity contribution is -0.120. The number of ether oxygens (including phenoxy) is 1. The molecule has 0 bridgehead atoms. The number of methoxy groups -OCH3 is 1. The van der Waals surface area contributed by atoms with Gasteiger partial charge in [0.2, 0.25) is 5.91 Å². The van der Waals surface area contributed by atoms with Crippen LogP contribution in [0.5, 0.6) is 5.75 Å². The number of nitrogens with one attached hydrogen (secondary N) is 1. The van der Waals surface area contributed by atoms with Crippen LogP contribution in [0.1, 0.15) is 25.3 Å². The van der Waals surface area contributed by atoms with Crippen molar-refractivity contribution in [2.45, 2.75) is 31.6 Å². The van der Waals surface area contributed by atoms with Gasteiger partial charge in [0.1, 0.15) is 5.75 Å². The van der Waals surface area contributed by atoms with Gasteiger partial charge in [-0.25, -0.2) is 0 Å². The van der Waals surface area contributed by atoms with Crippen molar-refractivity contribution in [2.75, 3.05) is 13.7 Å². The van der Waals surface area contributed by atoms with Crippen LogP contribution in [0.15, 0.2) is 24.3 Å². The van der Waals surface area contributed by atoms with E-state index in [1.54, 1.807) is 7.11 Å². The normalized spacial score (nSPS) is 11.9. The molecule has 1 N–H and O–H groups in total. The second-order valence-corrected chi connectivity index (χ2v) is 5.01. The largest absolute Gasteiger partial charge is 0.496 e. The molecule has 1 aromatic carbocycles. The summed E-state index contributed by atoms with van der Waals surface area (Å²) in [5, 5.41) is 3.05. The third-order valence-electron chi connectivity index (χ3n) is 2.64. The smallest absolute Gasteiger partial charge is 0.224 e. The Kier molecular flexibility index (Phi) is 6.58. The van der Waals surface area contributed by atoms with Crippen LogP contribution in [0.25, 0.3) is 0 Å². The maximum absolute atomic E-state index is 11.7. The third-order valence-corrected chi connectivity index (χ3v) is 2.86. The molecule has 0 spiro atoms. The number of hydrogen-bond donors (Lipinski definition) is 1. The molecule has 1 atom stereocenters. The zero-order chi connectivity index (χ0) is 13.4. The number of benzene rings is 1. The van der Waals surface area contributed by atoms with Crippen molar-refractivity contribution < 1.29 is 9.53 Å². The van der Waals surface area contributed by atoms with E-state index in [1.165, 1.54) is 0 Å². The fourth-order valence-electron chi connectivity index (χ4n) is 1.70. The van der Waals surface area contributed by atoms with Crippen LogP contribution in [0.2, 0.25) is 0 Å². The van der Waals surface area contributed by atoms with E-state index in [0.717, 1.165) is 24.2 Å². The minimum Gasteiger partial charge on any atom is -0.496 e. The monoisotopic (exact) mass is 269 g/mol. The molecule has 1 amide bonds. The summed E-state index contributed by atoms with van der Waals surface area (Å²) in [6, 6.07) is 7.56. The summed E-state index contributed by atoms with van der Waals surface area (Å²) < 4.78 is 5.21. The Morgan fingerprint density at radius 2 is 2.17 bits per heavy atom. The molecule has 1 rings (SSSR count). The first-order chi connectivity index (χ1) is 8.63. The van der Waals surface area contributed by atoms with Gasteiger partial charge in [0, 0.05) is 17.5 Å². The number of alkyl halides is 1. The van der Waals surface area contributed by atoms with Crippen LogP contribution < -0.4 is 10.1 Å². The lowest BCUT2D eigenvalue weighted by Crippen LogP contribution is -2.26. The van der Waals surface area contributed by atoms with Crippen LogP contribution in [0.4, 0.5) is 0 Å². The van der Waals surface area contributed by atoms with Gasteiger partial charge in [-0.1, -0.05) is 18.2 Å². The maximum Gasteiger partial charge on any atom is 0.224 e. The molecule has 3 nitrogen and oxygen atoms in total. The van der Waals surface area contributed by atoms with Crippen LogP contribution in [-0.2, 0) is 11.2 Å². The van der Waals surface area contributed by atoms with Crippen molar-refractivity contribution in [3.8, 4) is 5.75 Å². The first-order valence-corrected chi connectivity index (χ1v) is 6.59. The Morgan fingerprint density at radius 3 is 2.83 bits per heavy atom. The average Bonchev–Trinajstić information content (AvgIpc) is 2.35. The summed E-state index contributed by atoms with van der Waals surface area (Å²) in [5.41, 5.74) is 0.906. The number of carbonyl (C=O) groups is 1. The molecule has 0 saturated carbocycles. The number of rotatable bonds is 7. The SMILES string of the molecule is COc1ccccc1CC(=O)NCCCC(C)Cl. The van der Waals surface area contributed by atoms with Crippen molar-refractivity contribution in [1.82, 2.24) is 5.32 Å². The Labute approximate surface area is 113 Å². The fraction of sp³-hybridized carbons (Fsp3) is 0.500. The van der Waals surface area contributed by atoms with Crippen molar-refractivity contribution in [1.29, 1.82) is 0 Å². The first kappa shape index (κ1) is 14.8. The molecule has 0 aliphatic heterocycles. The molecule has 0 radical (unpaired) electrons. The van der Waals surface area contributed by atoms with E-state index in [4.69, 9.17) is 16.3 Å². The Balaban J connectivity index is 2.35. The van der Waals surface area contributed by atoms with Crippen LogP contribution >= 0.6 is 11.6 Å². The summed E-state index contributed by atoms with van der Waals surface area (Å²) >= 11 is 5.83. The van der Waals surface area contributed by atoms with E-state index in [-0.39, 0.29) is 11.3 Å². The molecule has 0 aliphatic rings. The Morgan fingerprint density at radius 1 is 1.44 bits per heavy atom. The van der Waals surface area contributed by atoms with E-state index in [9.17, 15) is 4.79 Å². The second kappa shape index (κ2) is 7.98. The second-order valence-electron chi connectivity index (χ2n) is 4.26. The van der Waals surface area contributed by atoms with Gasteiger partial charge in [0.05, 0.1) is 13.5 Å². The molecular weight excluding hydrogens is 250 g/mol. The molecule has 4 heteroatoms. The maximum atomic E-state index is 11.7. The highest BCUT2D eigenvalue weighted by Gasteiger charge is 2.07. The van der Waals surface area contributed by atoms with Gasteiger partial charge in [0.15, 0.2) is 0 Å². The molecule has 1 unspecified atom stereocenters. The lowest BCUT2D eigenvalue weighted by atomic mass is 10.1. The molecule has 1 aromatic rings. The summed E-state index contributed by atoms with van der Waals surface area (Å²) in [7, 11) is 1.61. The van der Waals surface area contributed by atoms with Crippen LogP contribution in [0.3, 0.4) is 0 Å². The van der Waals surface area contributed by atoms with Gasteiger partial charge >= 0.3 is 0 Å². The highest BCUT2D eigenvalue weighted by Crippen LogP contribution is 2.17. The van der Waals surface area contributed by atoms with Crippen molar-refractivity contribution in [3.63, 3.8) is 0 Å². The number of amides is 1. The molecule has 18 heavy (non-hydrogen) atoms. The van der Waals surface area contributed by atoms with Crippen molar-refractivity contribution >= 4 is 17.5 Å². The minimum atomic E-state index is 0.0155. The van der Waals surface area contributed by atoms with Crippen LogP contribution in [0, 0.1) is 0 Å². The molecule has 0 aromatic heterocycles. The van der Waals surface area contributed by atoms with E-state index >= 15 is 0 Å². The Bertz CT molecular complexity index is 380. The van der Waals surface area contributed by atoms with Gasteiger partial charge in [-0.2, -0.15) is 0 Å². The molecule has 100 valence electrons. The lowest BCUT2D eigenvalue weighted by Gasteiger charge is -2.09. The Hall–Kier alpha value is -1.22. The number of carbonyl (C=O) groups excluding carboxylic acids is 1. The average molecular weight is 270 g/mol. The van der Waals surface area contributed by atoms with E-state index < -0.39 is 0 Å². The zero-order valence-corrected chi connectivity index (χ0v) is 11.7. The van der Waals surface area contributed by atoms with Gasteiger partial charge in [-0.05, 0) is 25.8 Å². The molecule has 0 saturated heterocycles. The van der Waals surface area contributed by atoms with Crippen LogP contribution in [-0.4, -0.2) is 24.9 Å². The fourth-order valence-corrected chi connectivity index (χ4v) is 1.85. The topological polar surface area (TPSA) is 38.3 Å². The summed E-state index contributed by atoms with van der Waals surface area (Å²) in [4.78, 5) is 11.7. The molecule has 0 aliphatic carbocycles. The quantitative estimate of drug-likeness (QED) is 0.611. The van der Waals surface area contributed by atoms with Gasteiger partial charge < -0.3 is 10.1 Å². The van der Waals surface area contributed by atoms with Gasteiger partial charge in [-0.3, -0.25) is 4.79 Å². The van der Waals surface area contributed by atoms with Crippen molar-refractivity contribution in [2.24, 2.45) is 0 Å². The summed E-state index contributed by atoms with van der Waals surface area (Å²) in [6.45, 7) is 2.63. The third kappa shape index (κ3) is 5.41. The number of para-hydroxylation sites is 1. The minimum absolute atomic E-state index is 0.0155. The molecule has 0 heterocycles. The highest BCUT2D eigenvalue weighted by molar-refractivity contribution is 6.20. The summed E-state index contributed by atoms with van der Waals surface area (Å²) in [5.74, 6) is 0.767. The first-order valence-electron chi connectivity index (χ1n) is 6.16. The van der Waals surface area contributed by atoms with Gasteiger partial charge in [0.25, 0.3) is 0 Å². The van der Waals surface area contributed by atoms with Gasteiger partial charge in [-0.15, -0.1) is 11.6 Å². The predicted octanol–water partition coefficient (Wildman–Crippen LogP) is 2.76. The standard InChI is InChI=1S/C14H20ClNO2/c1-11(15)6-5-9-16-14(17)10-12-7-3-4-8-13(12)18-2/h3-4,7-8,11H,5-6,9-10H2,1-2H3,(H,16,17). The zero-order valence-electron chi connectivity index (χ0n) is 10.9.